The summed E-state index contributed by atoms with van der Waals surface area (Å²) in [6.45, 7) is 7.45. The fourth-order valence-electron chi connectivity index (χ4n) is 2.05. The summed E-state index contributed by atoms with van der Waals surface area (Å²) in [5.41, 5.74) is 0.976. The molecule has 5 nitrogen and oxygen atoms in total. The summed E-state index contributed by atoms with van der Waals surface area (Å²) in [7, 11) is 0. The molecule has 1 unspecified atom stereocenters. The van der Waals surface area contributed by atoms with Gasteiger partial charge in [-0.2, -0.15) is 0 Å². The number of rotatable bonds is 10. The number of ether oxygens (including phenoxy) is 2. The summed E-state index contributed by atoms with van der Waals surface area (Å²) in [5, 5.41) is 12.2. The van der Waals surface area contributed by atoms with E-state index >= 15 is 0 Å². The highest BCUT2D eigenvalue weighted by Gasteiger charge is 2.15. The Morgan fingerprint density at radius 1 is 1.19 bits per heavy atom. The van der Waals surface area contributed by atoms with Crippen molar-refractivity contribution in [1.82, 2.24) is 5.32 Å². The highest BCUT2D eigenvalue weighted by Crippen LogP contribution is 2.28. The number of carbonyl (C=O) groups is 1. The monoisotopic (exact) mass is 295 g/mol. The Balaban J connectivity index is 2.74. The van der Waals surface area contributed by atoms with Crippen LogP contribution in [0.2, 0.25) is 0 Å². The lowest BCUT2D eigenvalue weighted by molar-refractivity contribution is -0.139. The number of hydrogen-bond donors (Lipinski definition) is 2. The van der Waals surface area contributed by atoms with Crippen LogP contribution in [-0.4, -0.2) is 30.3 Å². The van der Waals surface area contributed by atoms with E-state index in [2.05, 4.69) is 5.32 Å². The van der Waals surface area contributed by atoms with Crippen LogP contribution < -0.4 is 14.8 Å². The van der Waals surface area contributed by atoms with Crippen molar-refractivity contribution in [3.8, 4) is 11.5 Å². The van der Waals surface area contributed by atoms with Crippen molar-refractivity contribution in [2.75, 3.05) is 13.2 Å². The van der Waals surface area contributed by atoms with Gasteiger partial charge in [0.1, 0.15) is 6.04 Å². The summed E-state index contributed by atoms with van der Waals surface area (Å²) in [5.74, 6) is 0.597. The highest BCUT2D eigenvalue weighted by atomic mass is 16.5. The third-order valence-electron chi connectivity index (χ3n) is 3.04. The van der Waals surface area contributed by atoms with Crippen LogP contribution in [0.15, 0.2) is 18.2 Å². The van der Waals surface area contributed by atoms with Crippen molar-refractivity contribution in [2.24, 2.45) is 0 Å². The molecule has 0 aromatic heterocycles. The van der Waals surface area contributed by atoms with Crippen LogP contribution in [0.4, 0.5) is 0 Å². The molecule has 0 amide bonds. The van der Waals surface area contributed by atoms with Gasteiger partial charge in [-0.15, -0.1) is 0 Å². The summed E-state index contributed by atoms with van der Waals surface area (Å²) in [6.07, 6.45) is 1.45. The molecule has 1 rings (SSSR count). The summed E-state index contributed by atoms with van der Waals surface area (Å²) in [6, 6.07) is 5.16. The van der Waals surface area contributed by atoms with E-state index in [1.807, 2.05) is 39.0 Å². The molecule has 2 N–H and O–H groups in total. The average molecular weight is 295 g/mol. The molecule has 0 saturated heterocycles. The van der Waals surface area contributed by atoms with Gasteiger partial charge in [0.2, 0.25) is 0 Å². The van der Waals surface area contributed by atoms with Crippen LogP contribution in [0.3, 0.4) is 0 Å². The molecule has 0 radical (unpaired) electrons. The molecule has 0 bridgehead atoms. The van der Waals surface area contributed by atoms with Gasteiger partial charge >= 0.3 is 5.97 Å². The molecular weight excluding hydrogens is 270 g/mol. The predicted molar refractivity (Wildman–Crippen MR) is 82.0 cm³/mol. The van der Waals surface area contributed by atoms with Crippen molar-refractivity contribution in [3.63, 3.8) is 0 Å². The number of nitrogens with one attached hydrogen (secondary N) is 1. The Morgan fingerprint density at radius 2 is 1.86 bits per heavy atom. The second-order valence-corrected chi connectivity index (χ2v) is 4.71. The maximum Gasteiger partial charge on any atom is 0.320 e. The zero-order valence-corrected chi connectivity index (χ0v) is 13.0. The van der Waals surface area contributed by atoms with Crippen LogP contribution in [0, 0.1) is 0 Å². The van der Waals surface area contributed by atoms with Crippen LogP contribution >= 0.6 is 0 Å². The first-order valence-electron chi connectivity index (χ1n) is 7.47. The van der Waals surface area contributed by atoms with Crippen molar-refractivity contribution in [2.45, 2.75) is 46.2 Å². The van der Waals surface area contributed by atoms with Gasteiger partial charge in [0, 0.05) is 6.54 Å². The van der Waals surface area contributed by atoms with Gasteiger partial charge in [-0.25, -0.2) is 0 Å². The third kappa shape index (κ3) is 5.63. The van der Waals surface area contributed by atoms with Crippen LogP contribution in [0.5, 0.6) is 11.5 Å². The summed E-state index contributed by atoms with van der Waals surface area (Å²) in [4.78, 5) is 11.1. The van der Waals surface area contributed by atoms with Crippen molar-refractivity contribution >= 4 is 5.97 Å². The van der Waals surface area contributed by atoms with Gasteiger partial charge in [0.15, 0.2) is 11.5 Å². The zero-order chi connectivity index (χ0) is 15.7. The fourth-order valence-corrected chi connectivity index (χ4v) is 2.05. The van der Waals surface area contributed by atoms with E-state index in [9.17, 15) is 4.79 Å². The predicted octanol–water partition coefficient (Wildman–Crippen LogP) is 2.83. The molecule has 21 heavy (non-hydrogen) atoms. The minimum Gasteiger partial charge on any atom is -0.490 e. The van der Waals surface area contributed by atoms with Crippen LogP contribution in [0.1, 0.15) is 39.2 Å². The number of aliphatic carboxylic acids is 1. The Bertz CT molecular complexity index is 448. The Kier molecular flexibility index (Phi) is 7.61. The zero-order valence-electron chi connectivity index (χ0n) is 13.0. The van der Waals surface area contributed by atoms with E-state index in [1.165, 1.54) is 0 Å². The summed E-state index contributed by atoms with van der Waals surface area (Å²) >= 11 is 0. The lowest BCUT2D eigenvalue weighted by atomic mass is 10.1. The molecule has 0 fully saturated rings. The molecule has 1 aromatic rings. The van der Waals surface area contributed by atoms with Gasteiger partial charge in [0.25, 0.3) is 0 Å². The first-order chi connectivity index (χ1) is 10.1. The maximum atomic E-state index is 11.1. The molecule has 0 heterocycles. The molecular formula is C16H25NO4. The molecule has 5 heteroatoms. The third-order valence-corrected chi connectivity index (χ3v) is 3.04. The van der Waals surface area contributed by atoms with E-state index in [0.717, 1.165) is 12.0 Å². The largest absolute Gasteiger partial charge is 0.490 e. The molecule has 0 spiro atoms. The standard InChI is InChI=1S/C16H25NO4/c1-4-7-13(16(18)19)17-11-12-8-9-14(20-5-2)15(10-12)21-6-3/h8-10,13,17H,4-7,11H2,1-3H3,(H,18,19). The SMILES string of the molecule is CCCC(NCc1ccc(OCC)c(OCC)c1)C(=O)O. The second-order valence-electron chi connectivity index (χ2n) is 4.71. The fraction of sp³-hybridized carbons (Fsp3) is 0.562. The number of benzene rings is 1. The molecule has 0 aliphatic carbocycles. The average Bonchev–Trinajstić information content (AvgIpc) is 2.46. The van der Waals surface area contributed by atoms with Crippen molar-refractivity contribution in [3.05, 3.63) is 23.8 Å². The Morgan fingerprint density at radius 3 is 2.43 bits per heavy atom. The molecule has 118 valence electrons. The smallest absolute Gasteiger partial charge is 0.320 e. The topological polar surface area (TPSA) is 67.8 Å². The van der Waals surface area contributed by atoms with Gasteiger partial charge < -0.3 is 19.9 Å². The van der Waals surface area contributed by atoms with Crippen molar-refractivity contribution < 1.29 is 19.4 Å². The molecule has 0 aliphatic heterocycles. The van der Waals surface area contributed by atoms with E-state index in [-0.39, 0.29) is 0 Å². The minimum absolute atomic E-state index is 0.490. The Labute approximate surface area is 126 Å². The number of hydrogen-bond acceptors (Lipinski definition) is 4. The van der Waals surface area contributed by atoms with Gasteiger partial charge in [0.05, 0.1) is 13.2 Å². The van der Waals surface area contributed by atoms with E-state index in [0.29, 0.717) is 37.7 Å². The van der Waals surface area contributed by atoms with Crippen molar-refractivity contribution in [1.29, 1.82) is 0 Å². The van der Waals surface area contributed by atoms with Gasteiger partial charge in [-0.05, 0) is 38.0 Å². The van der Waals surface area contributed by atoms with Crippen LogP contribution in [-0.2, 0) is 11.3 Å². The highest BCUT2D eigenvalue weighted by molar-refractivity contribution is 5.73. The molecule has 0 aliphatic rings. The summed E-state index contributed by atoms with van der Waals surface area (Å²) < 4.78 is 11.1. The van der Waals surface area contributed by atoms with Crippen LogP contribution in [0.25, 0.3) is 0 Å². The quantitative estimate of drug-likeness (QED) is 0.694. The molecule has 1 aromatic carbocycles. The van der Waals surface area contributed by atoms with E-state index < -0.39 is 12.0 Å². The Hall–Kier alpha value is -1.75. The molecule has 0 saturated carbocycles. The molecule has 1 atom stereocenters. The number of carboxylic acid groups (broad SMARTS) is 1. The lowest BCUT2D eigenvalue weighted by Gasteiger charge is -2.15. The number of carboxylic acids is 1. The van der Waals surface area contributed by atoms with Gasteiger partial charge in [-0.3, -0.25) is 4.79 Å². The van der Waals surface area contributed by atoms with E-state index in [1.54, 1.807) is 0 Å². The normalized spacial score (nSPS) is 12.0. The lowest BCUT2D eigenvalue weighted by Crippen LogP contribution is -2.35. The maximum absolute atomic E-state index is 11.1. The first kappa shape index (κ1) is 17.3. The van der Waals surface area contributed by atoms with E-state index in [4.69, 9.17) is 14.6 Å². The second kappa shape index (κ2) is 9.23. The van der Waals surface area contributed by atoms with Gasteiger partial charge in [-0.1, -0.05) is 19.4 Å². The first-order valence-corrected chi connectivity index (χ1v) is 7.47. The minimum atomic E-state index is -0.812.